The molecule has 6 nitrogen and oxygen atoms in total. The van der Waals surface area contributed by atoms with Crippen LogP contribution in [0, 0.1) is 18.8 Å². The van der Waals surface area contributed by atoms with E-state index in [9.17, 15) is 9.59 Å². The second kappa shape index (κ2) is 5.85. The number of anilines is 1. The number of nitrogens with zero attached hydrogens (tertiary/aromatic N) is 4. The summed E-state index contributed by atoms with van der Waals surface area (Å²) in [6.07, 6.45) is 5.22. The molecule has 0 unspecified atom stereocenters. The minimum Gasteiger partial charge on any atom is -0.274 e. The summed E-state index contributed by atoms with van der Waals surface area (Å²) < 4.78 is 1.67. The van der Waals surface area contributed by atoms with Crippen LogP contribution in [0.1, 0.15) is 36.8 Å². The van der Waals surface area contributed by atoms with Crippen LogP contribution < -0.4 is 4.90 Å². The third-order valence-corrected chi connectivity index (χ3v) is 4.99. The van der Waals surface area contributed by atoms with Gasteiger partial charge >= 0.3 is 0 Å². The van der Waals surface area contributed by atoms with Crippen LogP contribution in [-0.4, -0.2) is 26.6 Å². The molecule has 2 fully saturated rings. The first-order chi connectivity index (χ1) is 11.6. The molecule has 1 aromatic carbocycles. The van der Waals surface area contributed by atoms with Gasteiger partial charge in [0, 0.05) is 0 Å². The van der Waals surface area contributed by atoms with Crippen molar-refractivity contribution < 1.29 is 9.59 Å². The normalized spacial score (nSPS) is 23.6. The number of hydrogen-bond donors (Lipinski definition) is 0. The zero-order chi connectivity index (χ0) is 16.7. The van der Waals surface area contributed by atoms with Gasteiger partial charge in [0.15, 0.2) is 0 Å². The lowest BCUT2D eigenvalue weighted by atomic mass is 9.81. The lowest BCUT2D eigenvalue weighted by Gasteiger charge is -2.19. The molecule has 0 spiro atoms. The zero-order valence-electron chi connectivity index (χ0n) is 13.7. The van der Waals surface area contributed by atoms with Gasteiger partial charge in [-0.2, -0.15) is 4.98 Å². The first-order valence-electron chi connectivity index (χ1n) is 8.46. The molecule has 1 saturated heterocycles. The molecule has 6 heteroatoms. The largest absolute Gasteiger partial charge is 0.274 e. The van der Waals surface area contributed by atoms with Crippen LogP contribution in [0.2, 0.25) is 0 Å². The lowest BCUT2D eigenvalue weighted by molar-refractivity contribution is -0.122. The fraction of sp³-hybridized carbons (Fsp3) is 0.444. The van der Waals surface area contributed by atoms with Gasteiger partial charge in [0.2, 0.25) is 11.8 Å². The molecule has 1 aliphatic heterocycles. The molecule has 2 amide bonds. The van der Waals surface area contributed by atoms with Crippen LogP contribution in [0.4, 0.5) is 5.95 Å². The van der Waals surface area contributed by atoms with Crippen molar-refractivity contribution in [2.75, 3.05) is 4.90 Å². The predicted octanol–water partition coefficient (Wildman–Crippen LogP) is 2.31. The third kappa shape index (κ3) is 2.52. The average Bonchev–Trinajstić information content (AvgIpc) is 3.11. The highest BCUT2D eigenvalue weighted by Crippen LogP contribution is 2.39. The Kier molecular flexibility index (Phi) is 3.67. The maximum Gasteiger partial charge on any atom is 0.258 e. The monoisotopic (exact) mass is 324 g/mol. The summed E-state index contributed by atoms with van der Waals surface area (Å²) >= 11 is 0. The smallest absolute Gasteiger partial charge is 0.258 e. The van der Waals surface area contributed by atoms with E-state index in [4.69, 9.17) is 0 Å². The molecule has 0 N–H and O–H groups in total. The molecule has 124 valence electrons. The Morgan fingerprint density at radius 1 is 1.12 bits per heavy atom. The molecule has 0 radical (unpaired) electrons. The van der Waals surface area contributed by atoms with Gasteiger partial charge < -0.3 is 0 Å². The Balaban J connectivity index is 1.56. The maximum absolute atomic E-state index is 12.6. The van der Waals surface area contributed by atoms with E-state index in [1.54, 1.807) is 11.0 Å². The molecular formula is C18H20N4O2. The zero-order valence-corrected chi connectivity index (χ0v) is 13.7. The summed E-state index contributed by atoms with van der Waals surface area (Å²) in [4.78, 5) is 30.6. The quantitative estimate of drug-likeness (QED) is 0.813. The topological polar surface area (TPSA) is 68.1 Å². The second-order valence-electron chi connectivity index (χ2n) is 6.74. The molecule has 2 aliphatic rings. The number of carbonyl (C=O) groups is 2. The Hall–Kier alpha value is -2.50. The summed E-state index contributed by atoms with van der Waals surface area (Å²) in [5, 5.41) is 4.37. The SMILES string of the molecule is Cc1cccc(Cn2cnc(N3C(=O)[C@H]4CCCC[C@H]4C3=O)n2)c1. The minimum atomic E-state index is -0.171. The molecular weight excluding hydrogens is 304 g/mol. The third-order valence-electron chi connectivity index (χ3n) is 4.99. The van der Waals surface area contributed by atoms with Gasteiger partial charge in [-0.3, -0.25) is 9.59 Å². The van der Waals surface area contributed by atoms with Gasteiger partial charge in [-0.25, -0.2) is 9.58 Å². The Morgan fingerprint density at radius 2 is 1.83 bits per heavy atom. The molecule has 24 heavy (non-hydrogen) atoms. The average molecular weight is 324 g/mol. The van der Waals surface area contributed by atoms with Gasteiger partial charge in [0.25, 0.3) is 5.95 Å². The lowest BCUT2D eigenvalue weighted by Crippen LogP contribution is -2.32. The molecule has 2 atom stereocenters. The van der Waals surface area contributed by atoms with Crippen molar-refractivity contribution in [3.63, 3.8) is 0 Å². The van der Waals surface area contributed by atoms with Crippen molar-refractivity contribution >= 4 is 17.8 Å². The highest BCUT2D eigenvalue weighted by atomic mass is 16.2. The highest BCUT2D eigenvalue weighted by Gasteiger charge is 2.50. The second-order valence-corrected chi connectivity index (χ2v) is 6.74. The molecule has 1 aromatic heterocycles. The maximum atomic E-state index is 12.6. The first kappa shape index (κ1) is 15.1. The number of aromatic nitrogens is 3. The summed E-state index contributed by atoms with van der Waals surface area (Å²) in [6, 6.07) is 8.15. The minimum absolute atomic E-state index is 0.127. The van der Waals surface area contributed by atoms with Crippen molar-refractivity contribution in [3.05, 3.63) is 41.7 Å². The van der Waals surface area contributed by atoms with Crippen LogP contribution >= 0.6 is 0 Å². The molecule has 0 bridgehead atoms. The van der Waals surface area contributed by atoms with Crippen LogP contribution in [0.25, 0.3) is 0 Å². The van der Waals surface area contributed by atoms with E-state index >= 15 is 0 Å². The summed E-state index contributed by atoms with van der Waals surface area (Å²) in [6.45, 7) is 2.61. The van der Waals surface area contributed by atoms with Crippen LogP contribution in [0.5, 0.6) is 0 Å². The number of imide groups is 1. The van der Waals surface area contributed by atoms with Crippen molar-refractivity contribution in [2.24, 2.45) is 11.8 Å². The van der Waals surface area contributed by atoms with Crippen LogP contribution in [-0.2, 0) is 16.1 Å². The Labute approximate surface area is 140 Å². The summed E-state index contributed by atoms with van der Waals surface area (Å²) in [7, 11) is 0. The van der Waals surface area contributed by atoms with Gasteiger partial charge in [-0.1, -0.05) is 42.7 Å². The number of carbonyl (C=O) groups excluding carboxylic acids is 2. The Bertz CT molecular complexity index is 774. The van der Waals surface area contributed by atoms with Crippen LogP contribution in [0.15, 0.2) is 30.6 Å². The number of rotatable bonds is 3. The number of fused-ring (bicyclic) bond motifs is 1. The fourth-order valence-corrected chi connectivity index (χ4v) is 3.82. The van der Waals surface area contributed by atoms with Crippen molar-refractivity contribution in [1.82, 2.24) is 14.8 Å². The van der Waals surface area contributed by atoms with Crippen molar-refractivity contribution in [1.29, 1.82) is 0 Å². The summed E-state index contributed by atoms with van der Waals surface area (Å²) in [5.74, 6) is -0.381. The van der Waals surface area contributed by atoms with Gasteiger partial charge in [0.05, 0.1) is 18.4 Å². The van der Waals surface area contributed by atoms with E-state index in [0.29, 0.717) is 6.54 Å². The van der Waals surface area contributed by atoms with Crippen LogP contribution in [0.3, 0.4) is 0 Å². The molecule has 2 heterocycles. The number of hydrogen-bond acceptors (Lipinski definition) is 4. The standard InChI is InChI=1S/C18H20N4O2/c1-12-5-4-6-13(9-12)10-21-11-19-18(20-21)22-16(23)14-7-2-3-8-15(14)17(22)24/h4-6,9,11,14-15H,2-3,7-8,10H2,1H3/t14-,15+. The number of benzene rings is 1. The van der Waals surface area contributed by atoms with Gasteiger partial charge in [-0.05, 0) is 25.3 Å². The van der Waals surface area contributed by atoms with Crippen molar-refractivity contribution in [2.45, 2.75) is 39.2 Å². The Morgan fingerprint density at radius 3 is 2.50 bits per heavy atom. The van der Waals surface area contributed by atoms with E-state index < -0.39 is 0 Å². The van der Waals surface area contributed by atoms with E-state index in [-0.39, 0.29) is 29.6 Å². The number of aryl methyl sites for hydroxylation is 1. The van der Waals surface area contributed by atoms with E-state index in [1.807, 2.05) is 25.1 Å². The number of amides is 2. The molecule has 2 aromatic rings. The van der Waals surface area contributed by atoms with E-state index in [2.05, 4.69) is 16.1 Å². The van der Waals surface area contributed by atoms with Gasteiger partial charge in [0.1, 0.15) is 6.33 Å². The van der Waals surface area contributed by atoms with E-state index in [1.165, 1.54) is 10.5 Å². The predicted molar refractivity (Wildman–Crippen MR) is 88.2 cm³/mol. The molecule has 1 aliphatic carbocycles. The fourth-order valence-electron chi connectivity index (χ4n) is 3.82. The summed E-state index contributed by atoms with van der Waals surface area (Å²) in [5.41, 5.74) is 2.29. The molecule has 1 saturated carbocycles. The molecule has 4 rings (SSSR count). The first-order valence-corrected chi connectivity index (χ1v) is 8.46. The van der Waals surface area contributed by atoms with Crippen molar-refractivity contribution in [3.8, 4) is 0 Å². The van der Waals surface area contributed by atoms with E-state index in [0.717, 1.165) is 31.2 Å². The highest BCUT2D eigenvalue weighted by molar-refractivity contribution is 6.21. The van der Waals surface area contributed by atoms with Gasteiger partial charge in [-0.15, -0.1) is 5.10 Å².